The zero-order valence-electron chi connectivity index (χ0n) is 40.4. The molecule has 23 heteroatoms. The first-order valence-corrected chi connectivity index (χ1v) is 23.4. The number of carbonyl (C=O) groups is 6. The summed E-state index contributed by atoms with van der Waals surface area (Å²) in [5.41, 5.74) is 2.53. The summed E-state index contributed by atoms with van der Waals surface area (Å²) < 4.78 is 13.6. The molecule has 10 rings (SSSR count). The van der Waals surface area contributed by atoms with Gasteiger partial charge in [0.15, 0.2) is 23.3 Å². The number of ether oxygens (including phenoxy) is 2. The molecule has 2 aliphatic rings. The highest BCUT2D eigenvalue weighted by Gasteiger charge is 2.32. The number of benzene rings is 2. The highest BCUT2D eigenvalue weighted by atomic mass is 16.5. The van der Waals surface area contributed by atoms with Gasteiger partial charge in [-0.3, -0.25) is 24.0 Å². The van der Waals surface area contributed by atoms with Crippen LogP contribution in [0, 0.1) is 0 Å². The summed E-state index contributed by atoms with van der Waals surface area (Å²) in [5.74, 6) is -1.00. The van der Waals surface area contributed by atoms with Crippen LogP contribution in [0.25, 0.3) is 33.4 Å². The maximum atomic E-state index is 13.3. The number of Topliss-reactive ketones (excluding diaryl/α,β-unsaturated/α-hetero) is 2. The van der Waals surface area contributed by atoms with E-state index in [-0.39, 0.29) is 50.9 Å². The fourth-order valence-corrected chi connectivity index (χ4v) is 8.23. The first kappa shape index (κ1) is 55.2. The Labute approximate surface area is 431 Å². The van der Waals surface area contributed by atoms with Gasteiger partial charge in [0.05, 0.1) is 59.5 Å². The van der Waals surface area contributed by atoms with Gasteiger partial charge in [-0.15, -0.1) is 10.2 Å². The van der Waals surface area contributed by atoms with Gasteiger partial charge in [0.2, 0.25) is 0 Å². The van der Waals surface area contributed by atoms with Gasteiger partial charge in [0.1, 0.15) is 24.2 Å². The number of hydrogen-bond acceptors (Lipinski definition) is 15. The third-order valence-electron chi connectivity index (χ3n) is 12.1. The van der Waals surface area contributed by atoms with E-state index in [2.05, 4.69) is 45.4 Å². The van der Waals surface area contributed by atoms with E-state index in [9.17, 15) is 28.8 Å². The third-order valence-corrected chi connectivity index (χ3v) is 12.1. The van der Waals surface area contributed by atoms with Gasteiger partial charge in [-0.05, 0) is 24.3 Å². The Morgan fingerprint density at radius 1 is 0.573 bits per heavy atom. The van der Waals surface area contributed by atoms with Crippen LogP contribution >= 0.6 is 0 Å². The van der Waals surface area contributed by atoms with Crippen molar-refractivity contribution in [3.8, 4) is 23.1 Å². The molecule has 23 nitrogen and oxygen atoms in total. The van der Waals surface area contributed by atoms with Crippen molar-refractivity contribution in [2.45, 2.75) is 41.5 Å². The molecule has 2 aliphatic heterocycles. The number of ketones is 2. The van der Waals surface area contributed by atoms with Crippen LogP contribution in [0.15, 0.2) is 98.1 Å². The third kappa shape index (κ3) is 11.9. The smallest absolute Gasteiger partial charge is 0.377 e. The number of amides is 3. The molecular formula is C52H60N14O9. The number of carboxylic acid groups (broad SMARTS) is 1. The SMILES string of the molecule is C.C.CCc1ncn(-c2ncc(OC)c3c(C(=O)C(=O)N4CCN(C(=O)c5ccccc5)CC4)c[nH]c23)n1.CCc1ncn(-c2ncc(OC)c3c(C(=O)C(=O)O)c[nH]c23)n1.O=C(c1ccccc1)N1CCNCC1. The molecule has 392 valence electrons. The number of aromatic nitrogens is 10. The van der Waals surface area contributed by atoms with E-state index in [4.69, 9.17) is 14.6 Å². The number of hydrogen-bond donors (Lipinski definition) is 4. The summed E-state index contributed by atoms with van der Waals surface area (Å²) in [6.45, 7) is 8.55. The predicted octanol–water partition coefficient (Wildman–Crippen LogP) is 4.87. The lowest BCUT2D eigenvalue weighted by Gasteiger charge is -2.34. The van der Waals surface area contributed by atoms with Gasteiger partial charge >= 0.3 is 5.97 Å². The number of carbonyl (C=O) groups excluding carboxylic acids is 5. The number of rotatable bonds is 12. The average Bonchev–Trinajstić information content (AvgIpc) is 4.30. The number of aryl methyl sites for hydroxylation is 2. The molecule has 8 aromatic rings. The van der Waals surface area contributed by atoms with Crippen molar-refractivity contribution in [2.24, 2.45) is 0 Å². The summed E-state index contributed by atoms with van der Waals surface area (Å²) >= 11 is 0. The minimum Gasteiger partial charge on any atom is -0.494 e. The van der Waals surface area contributed by atoms with E-state index < -0.39 is 23.4 Å². The second-order valence-corrected chi connectivity index (χ2v) is 16.4. The molecule has 2 fully saturated rings. The summed E-state index contributed by atoms with van der Waals surface area (Å²) in [7, 11) is 2.90. The minimum atomic E-state index is -1.54. The Balaban J connectivity index is 0.000000200. The van der Waals surface area contributed by atoms with E-state index in [0.29, 0.717) is 88.1 Å². The molecule has 0 aliphatic carbocycles. The fraction of sp³-hybridized carbons (Fsp3) is 0.308. The number of aromatic amines is 2. The van der Waals surface area contributed by atoms with E-state index in [1.54, 1.807) is 23.4 Å². The van der Waals surface area contributed by atoms with Crippen molar-refractivity contribution in [1.82, 2.24) is 69.5 Å². The molecular weight excluding hydrogens is 965 g/mol. The molecule has 6 aromatic heterocycles. The maximum Gasteiger partial charge on any atom is 0.377 e. The highest BCUT2D eigenvalue weighted by molar-refractivity contribution is 6.45. The molecule has 0 bridgehead atoms. The fourth-order valence-electron chi connectivity index (χ4n) is 8.23. The van der Waals surface area contributed by atoms with Crippen LogP contribution in [-0.4, -0.2) is 171 Å². The number of nitrogens with zero attached hydrogens (tertiary/aromatic N) is 11. The largest absolute Gasteiger partial charge is 0.494 e. The summed E-state index contributed by atoms with van der Waals surface area (Å²) in [4.78, 5) is 102. The molecule has 2 saturated heterocycles. The Morgan fingerprint density at radius 2 is 0.987 bits per heavy atom. The second-order valence-electron chi connectivity index (χ2n) is 16.4. The molecule has 0 atom stereocenters. The van der Waals surface area contributed by atoms with Crippen LogP contribution < -0.4 is 14.8 Å². The van der Waals surface area contributed by atoms with E-state index in [1.807, 2.05) is 67.3 Å². The lowest BCUT2D eigenvalue weighted by atomic mass is 10.1. The lowest BCUT2D eigenvalue weighted by molar-refractivity contribution is -0.131. The number of nitrogens with one attached hydrogen (secondary N) is 3. The van der Waals surface area contributed by atoms with E-state index >= 15 is 0 Å². The van der Waals surface area contributed by atoms with Gasteiger partial charge in [0.25, 0.3) is 29.3 Å². The number of fused-ring (bicyclic) bond motifs is 2. The Bertz CT molecular complexity index is 3280. The summed E-state index contributed by atoms with van der Waals surface area (Å²) in [6, 6.07) is 18.5. The van der Waals surface area contributed by atoms with Gasteiger partial charge in [-0.1, -0.05) is 65.1 Å². The Morgan fingerprint density at radius 3 is 1.39 bits per heavy atom. The molecule has 0 saturated carbocycles. The normalized spacial score (nSPS) is 13.0. The predicted molar refractivity (Wildman–Crippen MR) is 278 cm³/mol. The zero-order chi connectivity index (χ0) is 51.6. The molecule has 0 radical (unpaired) electrons. The number of methoxy groups -OCH3 is 2. The van der Waals surface area contributed by atoms with E-state index in [0.717, 1.165) is 31.7 Å². The molecule has 8 heterocycles. The second kappa shape index (κ2) is 25.0. The molecule has 75 heavy (non-hydrogen) atoms. The quantitative estimate of drug-likeness (QED) is 0.0938. The van der Waals surface area contributed by atoms with E-state index in [1.165, 1.54) is 59.6 Å². The van der Waals surface area contributed by atoms with Crippen molar-refractivity contribution in [1.29, 1.82) is 0 Å². The molecule has 3 amide bonds. The first-order valence-electron chi connectivity index (χ1n) is 23.4. The van der Waals surface area contributed by atoms with Crippen molar-refractivity contribution < 1.29 is 43.3 Å². The van der Waals surface area contributed by atoms with Crippen LogP contribution in [0.5, 0.6) is 11.5 Å². The van der Waals surface area contributed by atoms with Crippen LogP contribution in [-0.2, 0) is 22.4 Å². The summed E-state index contributed by atoms with van der Waals surface area (Å²) in [5, 5.41) is 21.7. The lowest BCUT2D eigenvalue weighted by Crippen LogP contribution is -2.52. The minimum absolute atomic E-state index is 0. The number of H-pyrrole nitrogens is 2. The maximum absolute atomic E-state index is 13.3. The number of aliphatic carboxylic acids is 1. The topological polar surface area (TPSA) is 282 Å². The molecule has 2 aromatic carbocycles. The van der Waals surface area contributed by atoms with Crippen molar-refractivity contribution in [3.63, 3.8) is 0 Å². The average molecular weight is 1030 g/mol. The van der Waals surface area contributed by atoms with Crippen LogP contribution in [0.2, 0.25) is 0 Å². The van der Waals surface area contributed by atoms with Crippen molar-refractivity contribution in [2.75, 3.05) is 66.6 Å². The van der Waals surface area contributed by atoms with Gasteiger partial charge in [0, 0.05) is 88.7 Å². The van der Waals surface area contributed by atoms with Gasteiger partial charge in [-0.2, -0.15) is 0 Å². The van der Waals surface area contributed by atoms with Crippen molar-refractivity contribution in [3.05, 3.63) is 132 Å². The molecule has 0 spiro atoms. The number of piperazine rings is 2. The van der Waals surface area contributed by atoms with Crippen LogP contribution in [0.1, 0.15) is 81.8 Å². The molecule has 4 N–H and O–H groups in total. The Hall–Kier alpha value is -9.12. The van der Waals surface area contributed by atoms with Crippen molar-refractivity contribution >= 4 is 57.1 Å². The summed E-state index contributed by atoms with van der Waals surface area (Å²) in [6.07, 6.45) is 10.1. The van der Waals surface area contributed by atoms with Crippen LogP contribution in [0.3, 0.4) is 0 Å². The highest BCUT2D eigenvalue weighted by Crippen LogP contribution is 2.33. The standard InChI is InChI=1S/C25H25N7O4.C14H13N5O4.C11H14N2O.2CH4/c1-3-19-28-15-32(29-19)23-21-20(18(36-2)14-27-23)17(13-26-21)22(33)25(35)31-11-9-30(10-12-31)24(34)16-7-5-4-6-8-16;1-3-9-17-6-19(18-9)13-11-10(8(23-2)5-16-13)7(4-15-11)12(20)14(21)22;14-11(10-4-2-1-3-5-10)13-8-6-12-7-9-13;;/h4-8,13-15,26H,3,9-12H2,1-2H3;4-6,15H,3H2,1-2H3,(H,21,22);1-5,12H,6-9H2;2*1H4. The molecule has 0 unspecified atom stereocenters. The monoisotopic (exact) mass is 1020 g/mol. The Kier molecular flexibility index (Phi) is 18.4. The first-order chi connectivity index (χ1) is 35.5. The number of pyridine rings is 2. The zero-order valence-corrected chi connectivity index (χ0v) is 40.4. The van der Waals surface area contributed by atoms with Gasteiger partial charge < -0.3 is 44.6 Å². The van der Waals surface area contributed by atoms with Gasteiger partial charge in [-0.25, -0.2) is 34.1 Å². The number of carboxylic acids is 1. The van der Waals surface area contributed by atoms with Crippen LogP contribution in [0.4, 0.5) is 0 Å².